The number of urea groups is 1. The molecule has 2 aromatic carbocycles. The summed E-state index contributed by atoms with van der Waals surface area (Å²) >= 11 is 0. The third kappa shape index (κ3) is 5.74. The van der Waals surface area contributed by atoms with E-state index in [0.29, 0.717) is 35.3 Å². The zero-order chi connectivity index (χ0) is 19.1. The highest BCUT2D eigenvalue weighted by molar-refractivity contribution is 6.05. The minimum absolute atomic E-state index is 0.215. The maximum atomic E-state index is 12.5. The summed E-state index contributed by atoms with van der Waals surface area (Å²) in [5.41, 5.74) is 1.80. The first-order valence-corrected chi connectivity index (χ1v) is 9.36. The van der Waals surface area contributed by atoms with Crippen LogP contribution in [0.5, 0.6) is 5.75 Å². The molecule has 1 aliphatic rings. The van der Waals surface area contributed by atoms with Crippen LogP contribution >= 0.6 is 0 Å². The Balaban J connectivity index is 1.58. The fourth-order valence-electron chi connectivity index (χ4n) is 2.50. The maximum Gasteiger partial charge on any atom is 0.319 e. The van der Waals surface area contributed by atoms with E-state index < -0.39 is 0 Å². The zero-order valence-corrected chi connectivity index (χ0v) is 15.5. The summed E-state index contributed by atoms with van der Waals surface area (Å²) in [6.07, 6.45) is 4.09. The largest absolute Gasteiger partial charge is 0.491 e. The second kappa shape index (κ2) is 9.07. The number of nitrogens with one attached hydrogen (secondary N) is 3. The minimum Gasteiger partial charge on any atom is -0.491 e. The number of carbonyl (C=O) groups excluding carboxylic acids is 2. The van der Waals surface area contributed by atoms with Crippen molar-refractivity contribution in [1.29, 1.82) is 0 Å². The Morgan fingerprint density at radius 3 is 2.48 bits per heavy atom. The summed E-state index contributed by atoms with van der Waals surface area (Å²) < 4.78 is 5.74. The molecule has 6 heteroatoms. The molecule has 1 saturated carbocycles. The fourth-order valence-corrected chi connectivity index (χ4v) is 2.50. The number of unbranched alkanes of at least 4 members (excludes halogenated alkanes) is 1. The molecule has 3 N–H and O–H groups in total. The molecule has 3 rings (SSSR count). The number of ether oxygens (including phenoxy) is 1. The predicted molar refractivity (Wildman–Crippen MR) is 106 cm³/mol. The summed E-state index contributed by atoms with van der Waals surface area (Å²) in [7, 11) is 0. The van der Waals surface area contributed by atoms with E-state index in [1.54, 1.807) is 24.3 Å². The molecule has 0 aromatic heterocycles. The van der Waals surface area contributed by atoms with Gasteiger partial charge < -0.3 is 20.7 Å². The molecule has 1 fully saturated rings. The summed E-state index contributed by atoms with van der Waals surface area (Å²) in [5.74, 6) is 0.435. The Morgan fingerprint density at radius 2 is 1.78 bits per heavy atom. The molecule has 2 aromatic rings. The highest BCUT2D eigenvalue weighted by Crippen LogP contribution is 2.25. The average molecular weight is 367 g/mol. The van der Waals surface area contributed by atoms with Gasteiger partial charge in [-0.1, -0.05) is 25.5 Å². The first kappa shape index (κ1) is 18.8. The lowest BCUT2D eigenvalue weighted by Gasteiger charge is -2.12. The molecule has 0 aliphatic heterocycles. The van der Waals surface area contributed by atoms with Gasteiger partial charge in [0, 0.05) is 17.3 Å². The topological polar surface area (TPSA) is 79.5 Å². The SMILES string of the molecule is CCCCOc1ccccc1NC(=O)c1ccc(NC(=O)NC2CC2)cc1. The molecule has 0 bridgehead atoms. The van der Waals surface area contributed by atoms with E-state index in [0.717, 1.165) is 25.7 Å². The molecule has 0 radical (unpaired) electrons. The Kier molecular flexibility index (Phi) is 6.30. The molecule has 0 heterocycles. The normalized spacial score (nSPS) is 12.9. The number of hydrogen-bond donors (Lipinski definition) is 3. The Morgan fingerprint density at radius 1 is 1.04 bits per heavy atom. The molecule has 0 spiro atoms. The van der Waals surface area contributed by atoms with Crippen molar-refractivity contribution in [3.63, 3.8) is 0 Å². The molecule has 0 unspecified atom stereocenters. The van der Waals surface area contributed by atoms with Crippen LogP contribution < -0.4 is 20.7 Å². The van der Waals surface area contributed by atoms with Gasteiger partial charge in [-0.2, -0.15) is 0 Å². The van der Waals surface area contributed by atoms with Crippen molar-refractivity contribution in [1.82, 2.24) is 5.32 Å². The van der Waals surface area contributed by atoms with Gasteiger partial charge in [0.2, 0.25) is 0 Å². The van der Waals surface area contributed by atoms with Crippen LogP contribution in [0.25, 0.3) is 0 Å². The Hall–Kier alpha value is -3.02. The van der Waals surface area contributed by atoms with Crippen molar-refractivity contribution < 1.29 is 14.3 Å². The summed E-state index contributed by atoms with van der Waals surface area (Å²) in [5, 5.41) is 8.51. The lowest BCUT2D eigenvalue weighted by molar-refractivity contribution is 0.102. The van der Waals surface area contributed by atoms with E-state index in [1.165, 1.54) is 0 Å². The van der Waals surface area contributed by atoms with Crippen molar-refractivity contribution >= 4 is 23.3 Å². The van der Waals surface area contributed by atoms with Gasteiger partial charge in [0.05, 0.1) is 12.3 Å². The lowest BCUT2D eigenvalue weighted by atomic mass is 10.2. The second-order valence-corrected chi connectivity index (χ2v) is 6.60. The smallest absolute Gasteiger partial charge is 0.319 e. The van der Waals surface area contributed by atoms with Gasteiger partial charge >= 0.3 is 6.03 Å². The quantitative estimate of drug-likeness (QED) is 0.605. The molecule has 6 nitrogen and oxygen atoms in total. The van der Waals surface area contributed by atoms with Crippen LogP contribution in [0.2, 0.25) is 0 Å². The van der Waals surface area contributed by atoms with Crippen LogP contribution in [-0.2, 0) is 0 Å². The lowest BCUT2D eigenvalue weighted by Crippen LogP contribution is -2.30. The third-order valence-corrected chi connectivity index (χ3v) is 4.21. The molecule has 27 heavy (non-hydrogen) atoms. The first-order valence-electron chi connectivity index (χ1n) is 9.36. The average Bonchev–Trinajstić information content (AvgIpc) is 3.47. The van der Waals surface area contributed by atoms with Gasteiger partial charge in [-0.15, -0.1) is 0 Å². The summed E-state index contributed by atoms with van der Waals surface area (Å²) in [6.45, 7) is 2.72. The predicted octanol–water partition coefficient (Wildman–Crippen LogP) is 4.40. The van der Waals surface area contributed by atoms with Gasteiger partial charge in [-0.05, 0) is 55.7 Å². The van der Waals surface area contributed by atoms with Crippen LogP contribution in [0.4, 0.5) is 16.2 Å². The molecule has 142 valence electrons. The molecule has 0 saturated heterocycles. The standard InChI is InChI=1S/C21H25N3O3/c1-2-3-14-27-19-7-5-4-6-18(19)24-20(25)15-8-10-16(11-9-15)22-21(26)23-17-12-13-17/h4-11,17H,2-3,12-14H2,1H3,(H,24,25)(H2,22,23,26). The van der Waals surface area contributed by atoms with Gasteiger partial charge in [0.25, 0.3) is 5.91 Å². The number of amides is 3. The summed E-state index contributed by atoms with van der Waals surface area (Å²) in [6, 6.07) is 14.3. The van der Waals surface area contributed by atoms with E-state index in [4.69, 9.17) is 4.74 Å². The number of rotatable bonds is 8. The van der Waals surface area contributed by atoms with Crippen LogP contribution in [0.15, 0.2) is 48.5 Å². The van der Waals surface area contributed by atoms with Crippen molar-refractivity contribution in [2.45, 2.75) is 38.6 Å². The van der Waals surface area contributed by atoms with Gasteiger partial charge in [0.1, 0.15) is 5.75 Å². The van der Waals surface area contributed by atoms with Gasteiger partial charge in [-0.3, -0.25) is 4.79 Å². The van der Waals surface area contributed by atoms with E-state index in [2.05, 4.69) is 22.9 Å². The molecular formula is C21H25N3O3. The molecular weight excluding hydrogens is 342 g/mol. The fraction of sp³-hybridized carbons (Fsp3) is 0.333. The number of carbonyl (C=O) groups is 2. The zero-order valence-electron chi connectivity index (χ0n) is 15.5. The molecule has 0 atom stereocenters. The van der Waals surface area contributed by atoms with E-state index in [-0.39, 0.29) is 11.9 Å². The second-order valence-electron chi connectivity index (χ2n) is 6.60. The van der Waals surface area contributed by atoms with Crippen LogP contribution in [-0.4, -0.2) is 24.6 Å². The highest BCUT2D eigenvalue weighted by Gasteiger charge is 2.23. The maximum absolute atomic E-state index is 12.5. The number of benzene rings is 2. The summed E-state index contributed by atoms with van der Waals surface area (Å²) in [4.78, 5) is 24.3. The van der Waals surface area contributed by atoms with Crippen molar-refractivity contribution in [3.8, 4) is 5.75 Å². The number of anilines is 2. The van der Waals surface area contributed by atoms with Crippen molar-refractivity contribution in [3.05, 3.63) is 54.1 Å². The number of hydrogen-bond acceptors (Lipinski definition) is 3. The van der Waals surface area contributed by atoms with E-state index in [1.807, 2.05) is 24.3 Å². The highest BCUT2D eigenvalue weighted by atomic mass is 16.5. The Labute approximate surface area is 159 Å². The van der Waals surface area contributed by atoms with E-state index in [9.17, 15) is 9.59 Å². The first-order chi connectivity index (χ1) is 13.2. The third-order valence-electron chi connectivity index (χ3n) is 4.21. The van der Waals surface area contributed by atoms with Gasteiger partial charge in [-0.25, -0.2) is 4.79 Å². The molecule has 3 amide bonds. The van der Waals surface area contributed by atoms with Crippen LogP contribution in [0.3, 0.4) is 0 Å². The van der Waals surface area contributed by atoms with Crippen molar-refractivity contribution in [2.75, 3.05) is 17.2 Å². The number of para-hydroxylation sites is 2. The monoisotopic (exact) mass is 367 g/mol. The van der Waals surface area contributed by atoms with Gasteiger partial charge in [0.15, 0.2) is 0 Å². The van der Waals surface area contributed by atoms with Crippen LogP contribution in [0.1, 0.15) is 43.0 Å². The molecule has 1 aliphatic carbocycles. The van der Waals surface area contributed by atoms with E-state index >= 15 is 0 Å². The minimum atomic E-state index is -0.226. The van der Waals surface area contributed by atoms with Crippen molar-refractivity contribution in [2.24, 2.45) is 0 Å². The van der Waals surface area contributed by atoms with Crippen LogP contribution in [0, 0.1) is 0 Å². The Bertz CT molecular complexity index is 786.